The Bertz CT molecular complexity index is 756. The van der Waals surface area contributed by atoms with Crippen LogP contribution in [0.1, 0.15) is 33.3 Å². The van der Waals surface area contributed by atoms with Gasteiger partial charge in [0.25, 0.3) is 0 Å². The molecule has 1 aliphatic rings. The molecule has 0 atom stereocenters. The van der Waals surface area contributed by atoms with Gasteiger partial charge in [-0.1, -0.05) is 11.6 Å². The second-order valence-electron chi connectivity index (χ2n) is 5.86. The summed E-state index contributed by atoms with van der Waals surface area (Å²) in [7, 11) is -9.28. The van der Waals surface area contributed by atoms with Crippen molar-refractivity contribution in [2.24, 2.45) is 0 Å². The van der Waals surface area contributed by atoms with E-state index in [0.29, 0.717) is 11.5 Å². The molecule has 1 heterocycles. The third-order valence-electron chi connectivity index (χ3n) is 3.99. The number of alkyl halides is 1. The molecule has 0 saturated heterocycles. The molecule has 0 amide bonds. The average molecular weight is 475 g/mol. The third kappa shape index (κ3) is 4.82. The van der Waals surface area contributed by atoms with Crippen LogP contribution in [0.2, 0.25) is 5.02 Å². The molecule has 166 valence electrons. The molecule has 1 aromatic carbocycles. The van der Waals surface area contributed by atoms with Crippen LogP contribution in [0, 0.1) is 0 Å². The molecule has 0 spiro atoms. The van der Waals surface area contributed by atoms with Crippen LogP contribution < -0.4 is 9.47 Å². The van der Waals surface area contributed by atoms with Gasteiger partial charge in [-0.25, -0.2) is 4.39 Å². The van der Waals surface area contributed by atoms with E-state index < -0.39 is 26.8 Å². The van der Waals surface area contributed by atoms with Crippen molar-refractivity contribution < 1.29 is 41.1 Å². The van der Waals surface area contributed by atoms with Crippen molar-refractivity contribution in [2.75, 3.05) is 33.2 Å². The summed E-state index contributed by atoms with van der Waals surface area (Å²) in [5.41, 5.74) is 0.165. The molecule has 0 aromatic heterocycles. The monoisotopic (exact) mass is 474 g/mol. The Morgan fingerprint density at radius 3 is 1.76 bits per heavy atom. The quantitative estimate of drug-likeness (QED) is 0.353. The molecule has 0 aliphatic carbocycles. The Morgan fingerprint density at radius 2 is 1.34 bits per heavy atom. The van der Waals surface area contributed by atoms with E-state index in [0.717, 1.165) is 0 Å². The van der Waals surface area contributed by atoms with Gasteiger partial charge in [0.15, 0.2) is 11.5 Å². The van der Waals surface area contributed by atoms with Gasteiger partial charge in [0, 0.05) is 17.5 Å². The van der Waals surface area contributed by atoms with Gasteiger partial charge in [0.05, 0.1) is 26.4 Å². The highest BCUT2D eigenvalue weighted by Gasteiger charge is 2.67. The van der Waals surface area contributed by atoms with E-state index in [1.807, 2.05) is 0 Å². The van der Waals surface area contributed by atoms with Gasteiger partial charge in [0.1, 0.15) is 0 Å². The number of hydrogen-bond donors (Lipinski definition) is 0. The van der Waals surface area contributed by atoms with Crippen molar-refractivity contribution in [3.05, 3.63) is 22.7 Å². The number of rotatable bonds is 12. The summed E-state index contributed by atoms with van der Waals surface area (Å²) in [6, 6.07) is 2.88. The van der Waals surface area contributed by atoms with Crippen LogP contribution in [-0.2, 0) is 33.6 Å². The highest BCUT2D eigenvalue weighted by atomic mass is 35.5. The fourth-order valence-corrected chi connectivity index (χ4v) is 7.97. The second kappa shape index (κ2) is 10.1. The summed E-state index contributed by atoms with van der Waals surface area (Å²) in [6.07, 6.45) is -0.711. The molecule has 2 rings (SSSR count). The molecule has 8 nitrogen and oxygen atoms in total. The van der Waals surface area contributed by atoms with Gasteiger partial charge in [-0.3, -0.25) is 9.13 Å². The van der Waals surface area contributed by atoms with E-state index in [-0.39, 0.29) is 43.8 Å². The molecule has 0 N–H and O–H groups in total. The molecular weight excluding hydrogens is 449 g/mol. The summed E-state index contributed by atoms with van der Waals surface area (Å²) in [5.74, 6) is 0.718. The van der Waals surface area contributed by atoms with E-state index in [1.54, 1.807) is 0 Å². The topological polar surface area (TPSA) is 89.5 Å². The Morgan fingerprint density at radius 1 is 0.931 bits per heavy atom. The first-order valence-corrected chi connectivity index (χ1v) is 12.7. The number of ether oxygens (including phenoxy) is 2. The first-order chi connectivity index (χ1) is 13.7. The fraction of sp³-hybridized carbons (Fsp3) is 0.647. The zero-order chi connectivity index (χ0) is 21.7. The zero-order valence-corrected chi connectivity index (χ0v) is 19.4. The van der Waals surface area contributed by atoms with Crippen LogP contribution in [0.3, 0.4) is 0 Å². The van der Waals surface area contributed by atoms with Crippen LogP contribution >= 0.6 is 26.8 Å². The van der Waals surface area contributed by atoms with Crippen LogP contribution in [0.5, 0.6) is 11.5 Å². The lowest BCUT2D eigenvalue weighted by molar-refractivity contribution is 0.135. The van der Waals surface area contributed by atoms with E-state index in [4.69, 9.17) is 39.2 Å². The lowest BCUT2D eigenvalue weighted by Crippen LogP contribution is -2.31. The Kier molecular flexibility index (Phi) is 8.57. The molecule has 0 radical (unpaired) electrons. The van der Waals surface area contributed by atoms with Crippen molar-refractivity contribution in [1.29, 1.82) is 0 Å². The molecule has 12 heteroatoms. The molecule has 0 bridgehead atoms. The Balaban J connectivity index is 2.64. The van der Waals surface area contributed by atoms with Crippen molar-refractivity contribution in [3.63, 3.8) is 0 Å². The zero-order valence-electron chi connectivity index (χ0n) is 16.8. The highest BCUT2D eigenvalue weighted by Crippen LogP contribution is 2.79. The lowest BCUT2D eigenvalue weighted by atomic mass is 10.1. The summed E-state index contributed by atoms with van der Waals surface area (Å²) in [6.45, 7) is 5.50. The highest BCUT2D eigenvalue weighted by molar-refractivity contribution is 7.73. The van der Waals surface area contributed by atoms with E-state index in [9.17, 15) is 9.13 Å². The average Bonchev–Trinajstić information content (AvgIpc) is 3.09. The number of halogens is 2. The van der Waals surface area contributed by atoms with Crippen molar-refractivity contribution in [1.82, 2.24) is 0 Å². The largest absolute Gasteiger partial charge is 0.454 e. The molecular formula is C17H26ClFO8P2. The SMILES string of the molecule is CCOP(=O)(OCC)C(F)(Cc1cc2c(cc1Cl)OCO2)P(=O)(OCC)OCC. The molecule has 1 aliphatic heterocycles. The van der Waals surface area contributed by atoms with Crippen molar-refractivity contribution in [3.8, 4) is 11.5 Å². The Hall–Kier alpha value is -0.660. The Labute approximate surface area is 175 Å². The van der Waals surface area contributed by atoms with Gasteiger partial charge < -0.3 is 27.6 Å². The van der Waals surface area contributed by atoms with E-state index >= 15 is 4.39 Å². The number of hydrogen-bond acceptors (Lipinski definition) is 8. The number of benzene rings is 1. The van der Waals surface area contributed by atoms with E-state index in [1.165, 1.54) is 39.8 Å². The molecule has 0 saturated carbocycles. The van der Waals surface area contributed by atoms with Gasteiger partial charge >= 0.3 is 20.3 Å². The predicted octanol–water partition coefficient (Wildman–Crippen LogP) is 5.77. The maximum atomic E-state index is 16.7. The standard InChI is InChI=1S/C17H26ClFO8P2/c1-5-24-28(20,25-6-2)17(19,29(21,26-7-3)27-8-4)11-13-9-15-16(10-14(13)18)23-12-22-15/h9-10H,5-8,11-12H2,1-4H3. The minimum absolute atomic E-state index is 0.0113. The smallest absolute Gasteiger partial charge is 0.380 e. The number of fused-ring (bicyclic) bond motifs is 1. The van der Waals surface area contributed by atoms with Crippen LogP contribution in [0.25, 0.3) is 0 Å². The summed E-state index contributed by atoms with van der Waals surface area (Å²) in [5, 5.41) is -3.04. The van der Waals surface area contributed by atoms with Gasteiger partial charge in [0.2, 0.25) is 6.79 Å². The maximum absolute atomic E-state index is 16.7. The maximum Gasteiger partial charge on any atom is 0.380 e. The molecule has 1 aromatic rings. The fourth-order valence-electron chi connectivity index (χ4n) is 2.83. The van der Waals surface area contributed by atoms with Crippen molar-refractivity contribution in [2.45, 2.75) is 39.3 Å². The third-order valence-corrected chi connectivity index (χ3v) is 10.2. The van der Waals surface area contributed by atoms with Crippen LogP contribution in [-0.4, -0.2) is 38.4 Å². The summed E-state index contributed by atoms with van der Waals surface area (Å²) >= 11 is 6.28. The minimum atomic E-state index is -4.64. The summed E-state index contributed by atoms with van der Waals surface area (Å²) < 4.78 is 75.1. The van der Waals surface area contributed by atoms with E-state index in [2.05, 4.69) is 0 Å². The summed E-state index contributed by atoms with van der Waals surface area (Å²) in [4.78, 5) is 0. The lowest BCUT2D eigenvalue weighted by Gasteiger charge is -2.36. The normalized spacial score (nSPS) is 14.4. The van der Waals surface area contributed by atoms with Gasteiger partial charge in [-0.05, 0) is 39.3 Å². The van der Waals surface area contributed by atoms with Gasteiger partial charge in [-0.15, -0.1) is 0 Å². The second-order valence-corrected chi connectivity index (χ2v) is 11.1. The van der Waals surface area contributed by atoms with Crippen molar-refractivity contribution >= 4 is 26.8 Å². The first kappa shape index (κ1) is 24.6. The van der Waals surface area contributed by atoms with Gasteiger partial charge in [-0.2, -0.15) is 0 Å². The predicted molar refractivity (Wildman–Crippen MR) is 107 cm³/mol. The minimum Gasteiger partial charge on any atom is -0.454 e. The molecule has 0 fully saturated rings. The van der Waals surface area contributed by atoms with Crippen LogP contribution in [0.15, 0.2) is 12.1 Å². The van der Waals surface area contributed by atoms with Crippen LogP contribution in [0.4, 0.5) is 4.39 Å². The first-order valence-electron chi connectivity index (χ1n) is 9.25. The molecule has 0 unspecified atom stereocenters. The molecule has 29 heavy (non-hydrogen) atoms.